The second-order valence-electron chi connectivity index (χ2n) is 4.78. The van der Waals surface area contributed by atoms with E-state index >= 15 is 0 Å². The molecule has 5 nitrogen and oxygen atoms in total. The van der Waals surface area contributed by atoms with Crippen LogP contribution in [0.1, 0.15) is 17.3 Å². The first-order valence-corrected chi connectivity index (χ1v) is 7.09. The molecule has 1 aromatic carbocycles. The van der Waals surface area contributed by atoms with Gasteiger partial charge in [-0.15, -0.1) is 0 Å². The summed E-state index contributed by atoms with van der Waals surface area (Å²) in [5, 5.41) is 6.14. The van der Waals surface area contributed by atoms with E-state index in [1.807, 2.05) is 25.1 Å². The highest BCUT2D eigenvalue weighted by Crippen LogP contribution is 2.17. The predicted molar refractivity (Wildman–Crippen MR) is 77.1 cm³/mol. The van der Waals surface area contributed by atoms with Crippen LogP contribution in [-0.4, -0.2) is 45.4 Å². The average molecular weight is 278 g/mol. The van der Waals surface area contributed by atoms with Gasteiger partial charge in [-0.1, -0.05) is 12.1 Å². The smallest absolute Gasteiger partial charge is 0.255 e. The van der Waals surface area contributed by atoms with E-state index in [-0.39, 0.29) is 5.91 Å². The largest absolute Gasteiger partial charge is 0.490 e. The van der Waals surface area contributed by atoms with Gasteiger partial charge in [-0.25, -0.2) is 0 Å². The minimum atomic E-state index is -0.0797. The first-order chi connectivity index (χ1) is 9.81. The molecule has 0 unspecified atom stereocenters. The fourth-order valence-corrected chi connectivity index (χ4v) is 1.96. The lowest BCUT2D eigenvalue weighted by atomic mass is 10.0. The zero-order valence-corrected chi connectivity index (χ0v) is 11.9. The number of rotatable bonds is 8. The van der Waals surface area contributed by atoms with Crippen molar-refractivity contribution in [2.45, 2.75) is 6.92 Å². The lowest BCUT2D eigenvalue weighted by Gasteiger charge is -2.27. The van der Waals surface area contributed by atoms with Crippen LogP contribution in [0.3, 0.4) is 0 Å². The summed E-state index contributed by atoms with van der Waals surface area (Å²) in [7, 11) is 0. The predicted octanol–water partition coefficient (Wildman–Crippen LogP) is 1.05. The SMILES string of the molecule is CCOCCOc1ccccc1C(=O)NCC1CNC1. The molecule has 1 saturated heterocycles. The van der Waals surface area contributed by atoms with E-state index in [2.05, 4.69) is 10.6 Å². The van der Waals surface area contributed by atoms with Crippen molar-refractivity contribution in [3.8, 4) is 5.75 Å². The van der Waals surface area contributed by atoms with Crippen LogP contribution in [0.4, 0.5) is 0 Å². The molecule has 20 heavy (non-hydrogen) atoms. The van der Waals surface area contributed by atoms with Crippen molar-refractivity contribution in [2.75, 3.05) is 39.5 Å². The van der Waals surface area contributed by atoms with Gasteiger partial charge in [0.05, 0.1) is 12.2 Å². The molecule has 1 aromatic rings. The molecule has 1 aliphatic heterocycles. The summed E-state index contributed by atoms with van der Waals surface area (Å²) in [6.45, 7) is 6.25. The standard InChI is InChI=1S/C15H22N2O3/c1-2-19-7-8-20-14-6-4-3-5-13(14)15(18)17-11-12-9-16-10-12/h3-6,12,16H,2,7-11H2,1H3,(H,17,18). The van der Waals surface area contributed by atoms with Gasteiger partial charge in [-0.2, -0.15) is 0 Å². The molecule has 1 amide bonds. The van der Waals surface area contributed by atoms with Gasteiger partial charge in [0.2, 0.25) is 0 Å². The summed E-state index contributed by atoms with van der Waals surface area (Å²) in [5.74, 6) is 1.07. The summed E-state index contributed by atoms with van der Waals surface area (Å²) in [6, 6.07) is 7.30. The molecule has 5 heteroatoms. The van der Waals surface area contributed by atoms with Crippen LogP contribution in [0.25, 0.3) is 0 Å². The molecule has 2 N–H and O–H groups in total. The monoisotopic (exact) mass is 278 g/mol. The van der Waals surface area contributed by atoms with Gasteiger partial charge in [0, 0.05) is 32.2 Å². The maximum Gasteiger partial charge on any atom is 0.255 e. The van der Waals surface area contributed by atoms with E-state index in [9.17, 15) is 4.79 Å². The Balaban J connectivity index is 1.86. The highest BCUT2D eigenvalue weighted by molar-refractivity contribution is 5.96. The summed E-state index contributed by atoms with van der Waals surface area (Å²) < 4.78 is 10.8. The number of amides is 1. The lowest BCUT2D eigenvalue weighted by Crippen LogP contribution is -2.48. The zero-order valence-electron chi connectivity index (χ0n) is 11.9. The van der Waals surface area contributed by atoms with Gasteiger partial charge in [-0.3, -0.25) is 4.79 Å². The molecule has 0 radical (unpaired) electrons. The number of nitrogens with one attached hydrogen (secondary N) is 2. The van der Waals surface area contributed by atoms with E-state index in [0.717, 1.165) is 13.1 Å². The molecule has 0 atom stereocenters. The van der Waals surface area contributed by atoms with Crippen LogP contribution < -0.4 is 15.4 Å². The van der Waals surface area contributed by atoms with Crippen LogP contribution in [0.15, 0.2) is 24.3 Å². The molecule has 1 heterocycles. The Morgan fingerprint density at radius 2 is 2.15 bits per heavy atom. The topological polar surface area (TPSA) is 59.6 Å². The minimum Gasteiger partial charge on any atom is -0.490 e. The molecular formula is C15H22N2O3. The molecule has 0 aliphatic carbocycles. The van der Waals surface area contributed by atoms with Crippen LogP contribution >= 0.6 is 0 Å². The number of benzene rings is 1. The van der Waals surface area contributed by atoms with Crippen molar-refractivity contribution >= 4 is 5.91 Å². The van der Waals surface area contributed by atoms with Crippen molar-refractivity contribution in [1.29, 1.82) is 0 Å². The number of carbonyl (C=O) groups is 1. The third-order valence-electron chi connectivity index (χ3n) is 3.24. The number of para-hydroxylation sites is 1. The summed E-state index contributed by atoms with van der Waals surface area (Å²) in [5.41, 5.74) is 0.580. The molecule has 1 aliphatic rings. The van der Waals surface area contributed by atoms with Crippen molar-refractivity contribution < 1.29 is 14.3 Å². The number of hydrogen-bond acceptors (Lipinski definition) is 4. The normalized spacial score (nSPS) is 14.7. The molecule has 2 rings (SSSR count). The number of ether oxygens (including phenoxy) is 2. The highest BCUT2D eigenvalue weighted by atomic mass is 16.5. The second kappa shape index (κ2) is 7.87. The van der Waals surface area contributed by atoms with Gasteiger partial charge in [0.25, 0.3) is 5.91 Å². The second-order valence-corrected chi connectivity index (χ2v) is 4.78. The highest BCUT2D eigenvalue weighted by Gasteiger charge is 2.18. The quantitative estimate of drug-likeness (QED) is 0.698. The van der Waals surface area contributed by atoms with E-state index in [0.29, 0.717) is 43.6 Å². The number of hydrogen-bond donors (Lipinski definition) is 2. The lowest BCUT2D eigenvalue weighted by molar-refractivity contribution is 0.0926. The molecule has 0 aromatic heterocycles. The first kappa shape index (κ1) is 14.8. The Labute approximate surface area is 119 Å². The van der Waals surface area contributed by atoms with Crippen LogP contribution in [-0.2, 0) is 4.74 Å². The Kier molecular flexibility index (Phi) is 5.83. The van der Waals surface area contributed by atoms with Gasteiger partial charge in [0.1, 0.15) is 12.4 Å². The molecule has 0 spiro atoms. The van der Waals surface area contributed by atoms with Crippen molar-refractivity contribution in [2.24, 2.45) is 5.92 Å². The molecular weight excluding hydrogens is 256 g/mol. The Morgan fingerprint density at radius 1 is 1.35 bits per heavy atom. The maximum atomic E-state index is 12.2. The van der Waals surface area contributed by atoms with E-state index in [4.69, 9.17) is 9.47 Å². The number of carbonyl (C=O) groups excluding carboxylic acids is 1. The third kappa shape index (κ3) is 4.21. The van der Waals surface area contributed by atoms with Crippen LogP contribution in [0, 0.1) is 5.92 Å². The van der Waals surface area contributed by atoms with Gasteiger partial charge in [0.15, 0.2) is 0 Å². The van der Waals surface area contributed by atoms with E-state index in [1.54, 1.807) is 6.07 Å². The summed E-state index contributed by atoms with van der Waals surface area (Å²) in [4.78, 5) is 12.2. The zero-order chi connectivity index (χ0) is 14.2. The van der Waals surface area contributed by atoms with Crippen molar-refractivity contribution in [1.82, 2.24) is 10.6 Å². The van der Waals surface area contributed by atoms with Crippen molar-refractivity contribution in [3.63, 3.8) is 0 Å². The summed E-state index contributed by atoms with van der Waals surface area (Å²) in [6.07, 6.45) is 0. The molecule has 1 fully saturated rings. The van der Waals surface area contributed by atoms with Gasteiger partial charge in [-0.05, 0) is 19.1 Å². The van der Waals surface area contributed by atoms with Gasteiger partial charge >= 0.3 is 0 Å². The Bertz CT molecular complexity index is 433. The van der Waals surface area contributed by atoms with Crippen LogP contribution in [0.5, 0.6) is 5.75 Å². The van der Waals surface area contributed by atoms with Crippen molar-refractivity contribution in [3.05, 3.63) is 29.8 Å². The Morgan fingerprint density at radius 3 is 2.85 bits per heavy atom. The molecule has 0 saturated carbocycles. The minimum absolute atomic E-state index is 0.0797. The first-order valence-electron chi connectivity index (χ1n) is 7.09. The maximum absolute atomic E-state index is 12.2. The fourth-order valence-electron chi connectivity index (χ4n) is 1.96. The Hall–Kier alpha value is -1.59. The van der Waals surface area contributed by atoms with Gasteiger partial charge < -0.3 is 20.1 Å². The summed E-state index contributed by atoms with van der Waals surface area (Å²) >= 11 is 0. The average Bonchev–Trinajstić information content (AvgIpc) is 2.42. The third-order valence-corrected chi connectivity index (χ3v) is 3.24. The fraction of sp³-hybridized carbons (Fsp3) is 0.533. The molecule has 0 bridgehead atoms. The van der Waals surface area contributed by atoms with Crippen LogP contribution in [0.2, 0.25) is 0 Å². The van der Waals surface area contributed by atoms with E-state index in [1.165, 1.54) is 0 Å². The van der Waals surface area contributed by atoms with E-state index < -0.39 is 0 Å². The molecule has 110 valence electrons.